The molecule has 0 aliphatic rings. The van der Waals surface area contributed by atoms with Gasteiger partial charge >= 0.3 is 0 Å². The number of aromatic nitrogens is 2. The van der Waals surface area contributed by atoms with Gasteiger partial charge in [0.2, 0.25) is 0 Å². The number of hydrogen-bond acceptors (Lipinski definition) is 4. The van der Waals surface area contributed by atoms with E-state index in [0.717, 1.165) is 28.0 Å². The Morgan fingerprint density at radius 3 is 2.70 bits per heavy atom. The first kappa shape index (κ1) is 15.6. The minimum absolute atomic E-state index is 0.146. The van der Waals surface area contributed by atoms with Crippen molar-refractivity contribution in [2.45, 2.75) is 6.54 Å². The maximum Gasteiger partial charge on any atom is 0.262 e. The van der Waals surface area contributed by atoms with Crippen LogP contribution in [0, 0.1) is 0 Å². The number of hydrogen-bond donors (Lipinski definition) is 1. The smallest absolute Gasteiger partial charge is 0.262 e. The second-order valence-corrected chi connectivity index (χ2v) is 6.13. The molecule has 3 aromatic rings. The second-order valence-electron chi connectivity index (χ2n) is 5.28. The van der Waals surface area contributed by atoms with Gasteiger partial charge in [-0.1, -0.05) is 12.1 Å². The summed E-state index contributed by atoms with van der Waals surface area (Å²) in [5.74, 6) is 1.63. The lowest BCUT2D eigenvalue weighted by Gasteiger charge is -2.18. The Hall–Kier alpha value is -2.34. The number of benzene rings is 1. The fourth-order valence-electron chi connectivity index (χ4n) is 2.36. The Bertz CT molecular complexity index is 890. The van der Waals surface area contributed by atoms with Crippen LogP contribution >= 0.6 is 15.9 Å². The number of methoxy groups -OCH3 is 1. The number of anilines is 1. The summed E-state index contributed by atoms with van der Waals surface area (Å²) in [7, 11) is 3.62. The van der Waals surface area contributed by atoms with Crippen molar-refractivity contribution in [2.75, 3.05) is 19.1 Å². The largest absolute Gasteiger partial charge is 0.497 e. The SMILES string of the molecule is COc1ccc(CN(C)c2cc3[nH]c(=O)c(Br)cc3cn2)cc1. The third-order valence-electron chi connectivity index (χ3n) is 3.64. The van der Waals surface area contributed by atoms with Gasteiger partial charge in [-0.3, -0.25) is 4.79 Å². The first-order valence-electron chi connectivity index (χ1n) is 7.09. The summed E-state index contributed by atoms with van der Waals surface area (Å²) in [6, 6.07) is 11.6. The molecule has 0 saturated carbocycles. The minimum Gasteiger partial charge on any atom is -0.497 e. The lowest BCUT2D eigenvalue weighted by Crippen LogP contribution is -2.18. The first-order chi connectivity index (χ1) is 11.1. The summed E-state index contributed by atoms with van der Waals surface area (Å²) < 4.78 is 5.67. The van der Waals surface area contributed by atoms with Crippen LogP contribution in [0.5, 0.6) is 5.75 Å². The third-order valence-corrected chi connectivity index (χ3v) is 4.23. The van der Waals surface area contributed by atoms with E-state index in [9.17, 15) is 4.79 Å². The van der Waals surface area contributed by atoms with Crippen LogP contribution in [0.4, 0.5) is 5.82 Å². The van der Waals surface area contributed by atoms with E-state index in [1.165, 1.54) is 0 Å². The predicted octanol–water partition coefficient (Wildman–Crippen LogP) is 3.33. The van der Waals surface area contributed by atoms with E-state index in [1.54, 1.807) is 19.4 Å². The Balaban J connectivity index is 1.86. The van der Waals surface area contributed by atoms with Crippen molar-refractivity contribution in [3.05, 3.63) is 63.0 Å². The van der Waals surface area contributed by atoms with Crippen LogP contribution in [-0.4, -0.2) is 24.1 Å². The number of rotatable bonds is 4. The Labute approximate surface area is 142 Å². The van der Waals surface area contributed by atoms with Gasteiger partial charge in [0.15, 0.2) is 0 Å². The molecule has 0 aliphatic heterocycles. The molecular formula is C17H16BrN3O2. The average molecular weight is 374 g/mol. The van der Waals surface area contributed by atoms with Gasteiger partial charge in [0, 0.05) is 31.2 Å². The van der Waals surface area contributed by atoms with Crippen LogP contribution < -0.4 is 15.2 Å². The Morgan fingerprint density at radius 1 is 1.26 bits per heavy atom. The highest BCUT2D eigenvalue weighted by atomic mass is 79.9. The van der Waals surface area contributed by atoms with Gasteiger partial charge in [0.05, 0.1) is 17.1 Å². The van der Waals surface area contributed by atoms with Crippen LogP contribution in [0.25, 0.3) is 10.9 Å². The quantitative estimate of drug-likeness (QED) is 0.761. The number of pyridine rings is 2. The van der Waals surface area contributed by atoms with E-state index < -0.39 is 0 Å². The standard InChI is InChI=1S/C17H16BrN3O2/c1-21(10-11-3-5-13(23-2)6-4-11)16-8-15-12(9-19-16)7-14(18)17(22)20-15/h3-9H,10H2,1-2H3,(H,20,22). The highest BCUT2D eigenvalue weighted by molar-refractivity contribution is 9.10. The molecule has 2 heterocycles. The summed E-state index contributed by atoms with van der Waals surface area (Å²) in [6.07, 6.45) is 1.76. The van der Waals surface area contributed by atoms with Crippen molar-refractivity contribution in [3.63, 3.8) is 0 Å². The van der Waals surface area contributed by atoms with Crippen molar-refractivity contribution in [2.24, 2.45) is 0 Å². The molecular weight excluding hydrogens is 358 g/mol. The number of halogens is 1. The number of aromatic amines is 1. The average Bonchev–Trinajstić information content (AvgIpc) is 2.56. The molecule has 0 saturated heterocycles. The van der Waals surface area contributed by atoms with E-state index in [1.807, 2.05) is 42.3 Å². The lowest BCUT2D eigenvalue weighted by atomic mass is 10.2. The topological polar surface area (TPSA) is 58.2 Å². The minimum atomic E-state index is -0.146. The molecule has 3 rings (SSSR count). The van der Waals surface area contributed by atoms with E-state index in [0.29, 0.717) is 11.0 Å². The molecule has 0 atom stereocenters. The van der Waals surface area contributed by atoms with E-state index in [-0.39, 0.29) is 5.56 Å². The van der Waals surface area contributed by atoms with Crippen molar-refractivity contribution in [3.8, 4) is 5.75 Å². The molecule has 2 aromatic heterocycles. The lowest BCUT2D eigenvalue weighted by molar-refractivity contribution is 0.414. The maximum atomic E-state index is 11.7. The third kappa shape index (κ3) is 3.37. The van der Waals surface area contributed by atoms with Crippen LogP contribution in [0.3, 0.4) is 0 Å². The monoisotopic (exact) mass is 373 g/mol. The van der Waals surface area contributed by atoms with Gasteiger partial charge in [-0.25, -0.2) is 4.98 Å². The van der Waals surface area contributed by atoms with Crippen LogP contribution in [-0.2, 0) is 6.54 Å². The van der Waals surface area contributed by atoms with Gasteiger partial charge in [-0.2, -0.15) is 0 Å². The molecule has 0 bridgehead atoms. The molecule has 0 aliphatic carbocycles. The maximum absolute atomic E-state index is 11.7. The van der Waals surface area contributed by atoms with Gasteiger partial charge < -0.3 is 14.6 Å². The Morgan fingerprint density at radius 2 is 2.00 bits per heavy atom. The summed E-state index contributed by atoms with van der Waals surface area (Å²) in [4.78, 5) is 21.1. The van der Waals surface area contributed by atoms with Gasteiger partial charge in [-0.15, -0.1) is 0 Å². The molecule has 0 radical (unpaired) electrons. The summed E-state index contributed by atoms with van der Waals surface area (Å²) in [5.41, 5.74) is 1.77. The second kappa shape index (κ2) is 6.42. The zero-order valence-corrected chi connectivity index (χ0v) is 14.4. The molecule has 1 aromatic carbocycles. The molecule has 1 N–H and O–H groups in total. The molecule has 0 fully saturated rings. The fourth-order valence-corrected chi connectivity index (χ4v) is 2.70. The summed E-state index contributed by atoms with van der Waals surface area (Å²) in [5, 5.41) is 0.887. The van der Waals surface area contributed by atoms with E-state index >= 15 is 0 Å². The molecule has 5 nitrogen and oxygen atoms in total. The summed E-state index contributed by atoms with van der Waals surface area (Å²) >= 11 is 3.23. The zero-order valence-electron chi connectivity index (χ0n) is 12.8. The normalized spacial score (nSPS) is 10.7. The summed E-state index contributed by atoms with van der Waals surface area (Å²) in [6.45, 7) is 0.712. The zero-order chi connectivity index (χ0) is 16.4. The number of nitrogens with one attached hydrogen (secondary N) is 1. The number of ether oxygens (including phenoxy) is 1. The van der Waals surface area contributed by atoms with Gasteiger partial charge in [0.1, 0.15) is 11.6 Å². The van der Waals surface area contributed by atoms with Crippen LogP contribution in [0.1, 0.15) is 5.56 Å². The van der Waals surface area contributed by atoms with E-state index in [4.69, 9.17) is 4.74 Å². The predicted molar refractivity (Wildman–Crippen MR) is 95.2 cm³/mol. The molecule has 118 valence electrons. The number of H-pyrrole nitrogens is 1. The van der Waals surface area contributed by atoms with Crippen molar-refractivity contribution >= 4 is 32.7 Å². The molecule has 23 heavy (non-hydrogen) atoms. The van der Waals surface area contributed by atoms with Gasteiger partial charge in [0.25, 0.3) is 5.56 Å². The molecule has 0 spiro atoms. The first-order valence-corrected chi connectivity index (χ1v) is 7.89. The van der Waals surface area contributed by atoms with Crippen LogP contribution in [0.2, 0.25) is 0 Å². The molecule has 0 unspecified atom stereocenters. The highest BCUT2D eigenvalue weighted by Crippen LogP contribution is 2.20. The van der Waals surface area contributed by atoms with E-state index in [2.05, 4.69) is 25.9 Å². The molecule has 0 amide bonds. The fraction of sp³-hybridized carbons (Fsp3) is 0.176. The van der Waals surface area contributed by atoms with Crippen molar-refractivity contribution in [1.82, 2.24) is 9.97 Å². The van der Waals surface area contributed by atoms with Gasteiger partial charge in [-0.05, 0) is 39.7 Å². The van der Waals surface area contributed by atoms with Crippen molar-refractivity contribution in [1.29, 1.82) is 0 Å². The number of nitrogens with zero attached hydrogens (tertiary/aromatic N) is 2. The van der Waals surface area contributed by atoms with Crippen molar-refractivity contribution < 1.29 is 4.74 Å². The van der Waals surface area contributed by atoms with Crippen LogP contribution in [0.15, 0.2) is 51.9 Å². The Kier molecular flexibility index (Phi) is 4.34. The highest BCUT2D eigenvalue weighted by Gasteiger charge is 2.07. The number of fused-ring (bicyclic) bond motifs is 1. The molecule has 6 heteroatoms.